The Bertz CT molecular complexity index is 92.7. The van der Waals surface area contributed by atoms with E-state index in [1.807, 2.05) is 0 Å². The maximum absolute atomic E-state index is 5.64. The number of ether oxygens (including phenoxy) is 1. The van der Waals surface area contributed by atoms with E-state index in [1.165, 1.54) is 0 Å². The van der Waals surface area contributed by atoms with E-state index in [9.17, 15) is 0 Å². The van der Waals surface area contributed by atoms with Gasteiger partial charge >= 0.3 is 0 Å². The summed E-state index contributed by atoms with van der Waals surface area (Å²) < 4.78 is 4.96. The van der Waals surface area contributed by atoms with E-state index in [0.29, 0.717) is 12.1 Å². The molecule has 0 aliphatic carbocycles. The highest BCUT2D eigenvalue weighted by atomic mass is 35.5. The molecule has 1 rings (SSSR count). The number of methoxy groups -OCH3 is 1. The Morgan fingerprint density at radius 1 is 1.55 bits per heavy atom. The third kappa shape index (κ3) is 4.82. The van der Waals surface area contributed by atoms with Crippen molar-refractivity contribution in [2.75, 3.05) is 20.3 Å². The number of halogens is 2. The molecule has 1 aliphatic heterocycles. The number of hydrogen-bond donors (Lipinski definition) is 2. The molecule has 3 N–H and O–H groups in total. The smallest absolute Gasteiger partial charge is 0.0616 e. The summed E-state index contributed by atoms with van der Waals surface area (Å²) in [6, 6.07) is 0.829. The highest BCUT2D eigenvalue weighted by Gasteiger charge is 2.19. The van der Waals surface area contributed by atoms with E-state index in [0.717, 1.165) is 19.6 Å². The monoisotopic (exact) mass is 202 g/mol. The summed E-state index contributed by atoms with van der Waals surface area (Å²) >= 11 is 0. The summed E-state index contributed by atoms with van der Waals surface area (Å²) in [5, 5.41) is 3.26. The van der Waals surface area contributed by atoms with Crippen LogP contribution in [0.1, 0.15) is 6.42 Å². The Morgan fingerprint density at radius 2 is 2.18 bits per heavy atom. The van der Waals surface area contributed by atoms with Gasteiger partial charge in [-0.1, -0.05) is 0 Å². The van der Waals surface area contributed by atoms with Gasteiger partial charge in [-0.25, -0.2) is 0 Å². The average molecular weight is 203 g/mol. The first-order chi connectivity index (χ1) is 4.33. The molecule has 0 unspecified atom stereocenters. The van der Waals surface area contributed by atoms with Crippen LogP contribution in [0.25, 0.3) is 0 Å². The summed E-state index contributed by atoms with van der Waals surface area (Å²) in [5.41, 5.74) is 5.64. The number of nitrogens with one attached hydrogen (secondary N) is 1. The molecule has 0 spiro atoms. The van der Waals surface area contributed by atoms with Crippen LogP contribution < -0.4 is 11.1 Å². The third-order valence-electron chi connectivity index (χ3n) is 1.62. The van der Waals surface area contributed by atoms with Gasteiger partial charge in [0.2, 0.25) is 0 Å². The third-order valence-corrected chi connectivity index (χ3v) is 1.62. The van der Waals surface area contributed by atoms with Gasteiger partial charge < -0.3 is 15.8 Å². The fourth-order valence-corrected chi connectivity index (χ4v) is 1.18. The van der Waals surface area contributed by atoms with Crippen LogP contribution in [0.2, 0.25) is 0 Å². The van der Waals surface area contributed by atoms with Crippen LogP contribution in [0.3, 0.4) is 0 Å². The van der Waals surface area contributed by atoms with Crippen molar-refractivity contribution in [1.29, 1.82) is 0 Å². The first kappa shape index (κ1) is 14.0. The Kier molecular flexibility index (Phi) is 9.08. The van der Waals surface area contributed by atoms with Crippen LogP contribution in [-0.4, -0.2) is 32.3 Å². The fraction of sp³-hybridized carbons (Fsp3) is 1.00. The topological polar surface area (TPSA) is 47.3 Å². The van der Waals surface area contributed by atoms with Gasteiger partial charge in [0, 0.05) is 25.7 Å². The van der Waals surface area contributed by atoms with Gasteiger partial charge in [0.05, 0.1) is 6.61 Å². The quantitative estimate of drug-likeness (QED) is 0.672. The van der Waals surface area contributed by atoms with E-state index in [-0.39, 0.29) is 24.8 Å². The van der Waals surface area contributed by atoms with Gasteiger partial charge in [-0.05, 0) is 6.42 Å². The second-order valence-corrected chi connectivity index (χ2v) is 2.56. The zero-order chi connectivity index (χ0) is 6.69. The van der Waals surface area contributed by atoms with Crippen molar-refractivity contribution >= 4 is 24.8 Å². The lowest BCUT2D eigenvalue weighted by atomic mass is 10.2. The lowest BCUT2D eigenvalue weighted by molar-refractivity contribution is 0.173. The summed E-state index contributed by atoms with van der Waals surface area (Å²) in [6.45, 7) is 1.72. The van der Waals surface area contributed by atoms with Crippen molar-refractivity contribution in [3.05, 3.63) is 0 Å². The summed E-state index contributed by atoms with van der Waals surface area (Å²) in [7, 11) is 1.71. The number of rotatable bonds is 2. The molecule has 0 amide bonds. The van der Waals surface area contributed by atoms with Gasteiger partial charge in [-0.3, -0.25) is 0 Å². The van der Waals surface area contributed by atoms with Gasteiger partial charge in [-0.2, -0.15) is 0 Å². The molecule has 70 valence electrons. The van der Waals surface area contributed by atoms with Crippen molar-refractivity contribution in [2.45, 2.75) is 18.5 Å². The zero-order valence-corrected chi connectivity index (χ0v) is 8.21. The molecule has 11 heavy (non-hydrogen) atoms. The molecule has 1 fully saturated rings. The minimum absolute atomic E-state index is 0. The van der Waals surface area contributed by atoms with Crippen LogP contribution in [0, 0.1) is 0 Å². The van der Waals surface area contributed by atoms with Gasteiger partial charge in [0.25, 0.3) is 0 Å². The molecule has 1 heterocycles. The van der Waals surface area contributed by atoms with Crippen LogP contribution >= 0.6 is 24.8 Å². The predicted molar refractivity (Wildman–Crippen MR) is 50.8 cm³/mol. The normalized spacial score (nSPS) is 28.9. The van der Waals surface area contributed by atoms with Crippen molar-refractivity contribution in [3.63, 3.8) is 0 Å². The standard InChI is InChI=1S/C6H14N2O.2ClH/c1-9-4-6-2-5(7)3-8-6;;/h5-6,8H,2-4,7H2,1H3;2*1H/t5-,6+;;/m1../s1. The molecular weight excluding hydrogens is 187 g/mol. The Hall–Kier alpha value is 0.460. The lowest BCUT2D eigenvalue weighted by Gasteiger charge is -2.06. The molecule has 0 aromatic rings. The van der Waals surface area contributed by atoms with Crippen molar-refractivity contribution < 1.29 is 4.74 Å². The number of hydrogen-bond acceptors (Lipinski definition) is 3. The van der Waals surface area contributed by atoms with Crippen molar-refractivity contribution in [2.24, 2.45) is 5.73 Å². The van der Waals surface area contributed by atoms with Crippen LogP contribution in [0.5, 0.6) is 0 Å². The SMILES string of the molecule is COC[C@@H]1C[C@@H](N)CN1.Cl.Cl. The second-order valence-electron chi connectivity index (χ2n) is 2.56. The molecule has 0 saturated carbocycles. The Balaban J connectivity index is 0. The highest BCUT2D eigenvalue weighted by molar-refractivity contribution is 5.85. The zero-order valence-electron chi connectivity index (χ0n) is 6.58. The van der Waals surface area contributed by atoms with Gasteiger partial charge in [0.15, 0.2) is 0 Å². The molecule has 1 saturated heterocycles. The van der Waals surface area contributed by atoms with Gasteiger partial charge in [-0.15, -0.1) is 24.8 Å². The predicted octanol–water partition coefficient (Wildman–Crippen LogP) is 0.166. The molecule has 1 aliphatic rings. The maximum Gasteiger partial charge on any atom is 0.0616 e. The molecule has 0 bridgehead atoms. The maximum atomic E-state index is 5.64. The van der Waals surface area contributed by atoms with Gasteiger partial charge in [0.1, 0.15) is 0 Å². The van der Waals surface area contributed by atoms with Crippen molar-refractivity contribution in [3.8, 4) is 0 Å². The first-order valence-corrected chi connectivity index (χ1v) is 3.31. The molecule has 3 nitrogen and oxygen atoms in total. The summed E-state index contributed by atoms with van der Waals surface area (Å²) in [4.78, 5) is 0. The van der Waals surface area contributed by atoms with Crippen molar-refractivity contribution in [1.82, 2.24) is 5.32 Å². The van der Waals surface area contributed by atoms with E-state index in [2.05, 4.69) is 5.32 Å². The Morgan fingerprint density at radius 3 is 2.55 bits per heavy atom. The molecule has 0 radical (unpaired) electrons. The van der Waals surface area contributed by atoms with Crippen LogP contribution in [0.15, 0.2) is 0 Å². The fourth-order valence-electron chi connectivity index (χ4n) is 1.18. The van der Waals surface area contributed by atoms with Crippen LogP contribution in [-0.2, 0) is 4.74 Å². The van der Waals surface area contributed by atoms with E-state index in [1.54, 1.807) is 7.11 Å². The first-order valence-electron chi connectivity index (χ1n) is 3.31. The summed E-state index contributed by atoms with van der Waals surface area (Å²) in [5.74, 6) is 0. The van der Waals surface area contributed by atoms with E-state index < -0.39 is 0 Å². The molecular formula is C6H16Cl2N2O. The second kappa shape index (κ2) is 7.13. The lowest BCUT2D eigenvalue weighted by Crippen LogP contribution is -2.26. The van der Waals surface area contributed by atoms with Crippen LogP contribution in [0.4, 0.5) is 0 Å². The summed E-state index contributed by atoms with van der Waals surface area (Å²) in [6.07, 6.45) is 1.05. The molecule has 5 heteroatoms. The largest absolute Gasteiger partial charge is 0.383 e. The van der Waals surface area contributed by atoms with E-state index >= 15 is 0 Å². The average Bonchev–Trinajstić information content (AvgIpc) is 2.17. The number of nitrogens with two attached hydrogens (primary N) is 1. The Labute approximate surface area is 79.9 Å². The highest BCUT2D eigenvalue weighted by Crippen LogP contribution is 2.03. The molecule has 0 aromatic carbocycles. The minimum Gasteiger partial charge on any atom is -0.383 e. The minimum atomic E-state index is 0. The molecule has 0 aromatic heterocycles. The molecule has 2 atom stereocenters. The van der Waals surface area contributed by atoms with E-state index in [4.69, 9.17) is 10.5 Å².